The second kappa shape index (κ2) is 5.03. The summed E-state index contributed by atoms with van der Waals surface area (Å²) in [5, 5.41) is 3.69. The van der Waals surface area contributed by atoms with Crippen LogP contribution in [0.25, 0.3) is 10.2 Å². The molecular weight excluding hydrogens is 282 g/mol. The SMILES string of the molecule is O=c1sc2ccccc2n1CNc1ccc(Cl)cn1. The number of nitrogens with one attached hydrogen (secondary N) is 1. The standard InChI is InChI=1S/C13H10ClN3OS/c14-9-5-6-12(15-7-9)16-8-17-10-3-1-2-4-11(10)19-13(17)18/h1-7H,8H2,(H,15,16). The van der Waals surface area contributed by atoms with Crippen molar-refractivity contribution in [3.63, 3.8) is 0 Å². The molecule has 0 unspecified atom stereocenters. The maximum Gasteiger partial charge on any atom is 0.309 e. The largest absolute Gasteiger partial charge is 0.352 e. The molecule has 4 nitrogen and oxygen atoms in total. The van der Waals surface area contributed by atoms with E-state index < -0.39 is 0 Å². The van der Waals surface area contributed by atoms with Crippen molar-refractivity contribution in [2.75, 3.05) is 5.32 Å². The molecule has 1 N–H and O–H groups in total. The lowest BCUT2D eigenvalue weighted by Crippen LogP contribution is -2.18. The van der Waals surface area contributed by atoms with Gasteiger partial charge in [-0.2, -0.15) is 0 Å². The van der Waals surface area contributed by atoms with Gasteiger partial charge >= 0.3 is 4.87 Å². The second-order valence-electron chi connectivity index (χ2n) is 3.96. The number of pyridine rings is 1. The molecule has 0 saturated carbocycles. The molecular formula is C13H10ClN3OS. The van der Waals surface area contributed by atoms with Crippen LogP contribution in [0.15, 0.2) is 47.4 Å². The Labute approximate surface area is 118 Å². The maximum atomic E-state index is 11.9. The quantitative estimate of drug-likeness (QED) is 0.806. The van der Waals surface area contributed by atoms with Gasteiger partial charge in [-0.15, -0.1) is 0 Å². The lowest BCUT2D eigenvalue weighted by atomic mass is 10.3. The van der Waals surface area contributed by atoms with E-state index in [4.69, 9.17) is 11.6 Å². The Morgan fingerprint density at radius 2 is 2.11 bits per heavy atom. The summed E-state index contributed by atoms with van der Waals surface area (Å²) in [6, 6.07) is 11.3. The van der Waals surface area contributed by atoms with Crippen LogP contribution in [-0.4, -0.2) is 9.55 Å². The van der Waals surface area contributed by atoms with E-state index in [0.717, 1.165) is 10.2 Å². The van der Waals surface area contributed by atoms with Gasteiger partial charge in [0.05, 0.1) is 21.9 Å². The lowest BCUT2D eigenvalue weighted by molar-refractivity contribution is 0.787. The molecule has 0 aliphatic heterocycles. The molecule has 2 heterocycles. The summed E-state index contributed by atoms with van der Waals surface area (Å²) in [5.74, 6) is 0.687. The normalized spacial score (nSPS) is 10.8. The molecule has 0 aliphatic carbocycles. The Morgan fingerprint density at radius 1 is 1.26 bits per heavy atom. The Morgan fingerprint density at radius 3 is 2.89 bits per heavy atom. The van der Waals surface area contributed by atoms with Crippen molar-refractivity contribution in [1.29, 1.82) is 0 Å². The number of rotatable bonds is 3. The lowest BCUT2D eigenvalue weighted by Gasteiger charge is -2.06. The predicted octanol–water partition coefficient (Wildman–Crippen LogP) is 3.18. The van der Waals surface area contributed by atoms with Crippen LogP contribution in [0.3, 0.4) is 0 Å². The highest BCUT2D eigenvalue weighted by Gasteiger charge is 2.06. The van der Waals surface area contributed by atoms with E-state index in [0.29, 0.717) is 17.5 Å². The molecule has 0 radical (unpaired) electrons. The molecule has 1 aromatic carbocycles. The van der Waals surface area contributed by atoms with E-state index in [1.165, 1.54) is 11.3 Å². The number of halogens is 1. The molecule has 19 heavy (non-hydrogen) atoms. The molecule has 6 heteroatoms. The second-order valence-corrected chi connectivity index (χ2v) is 5.39. The number of nitrogens with zero attached hydrogens (tertiary/aromatic N) is 2. The molecule has 0 atom stereocenters. The third-order valence-corrected chi connectivity index (χ3v) is 3.90. The van der Waals surface area contributed by atoms with Crippen molar-refractivity contribution in [3.05, 3.63) is 57.3 Å². The summed E-state index contributed by atoms with van der Waals surface area (Å²) in [5.41, 5.74) is 0.930. The molecule has 0 fully saturated rings. The maximum absolute atomic E-state index is 11.9. The monoisotopic (exact) mass is 291 g/mol. The smallest absolute Gasteiger partial charge is 0.309 e. The average Bonchev–Trinajstić information content (AvgIpc) is 2.74. The zero-order valence-corrected chi connectivity index (χ0v) is 11.4. The van der Waals surface area contributed by atoms with E-state index in [1.54, 1.807) is 22.9 Å². The van der Waals surface area contributed by atoms with E-state index in [9.17, 15) is 4.79 Å². The van der Waals surface area contributed by atoms with Crippen LogP contribution in [-0.2, 0) is 6.67 Å². The van der Waals surface area contributed by atoms with Crippen molar-refractivity contribution in [2.45, 2.75) is 6.67 Å². The van der Waals surface area contributed by atoms with Crippen molar-refractivity contribution < 1.29 is 0 Å². The third-order valence-electron chi connectivity index (χ3n) is 2.72. The van der Waals surface area contributed by atoms with E-state index in [-0.39, 0.29) is 4.87 Å². The van der Waals surface area contributed by atoms with Gasteiger partial charge in [0.2, 0.25) is 0 Å². The van der Waals surface area contributed by atoms with Crippen LogP contribution in [0.4, 0.5) is 5.82 Å². The summed E-state index contributed by atoms with van der Waals surface area (Å²) in [6.45, 7) is 0.386. The molecule has 3 aromatic rings. The molecule has 96 valence electrons. The minimum absolute atomic E-state index is 0.0164. The minimum atomic E-state index is 0.0164. The fraction of sp³-hybridized carbons (Fsp3) is 0.0769. The highest BCUT2D eigenvalue weighted by molar-refractivity contribution is 7.16. The Kier molecular flexibility index (Phi) is 3.23. The first-order chi connectivity index (χ1) is 9.24. The molecule has 0 aliphatic rings. The summed E-state index contributed by atoms with van der Waals surface area (Å²) in [6.07, 6.45) is 1.57. The Balaban J connectivity index is 1.87. The Bertz CT molecular complexity index is 763. The topological polar surface area (TPSA) is 46.9 Å². The van der Waals surface area contributed by atoms with Gasteiger partial charge in [0, 0.05) is 6.20 Å². The van der Waals surface area contributed by atoms with Gasteiger partial charge in [0.15, 0.2) is 0 Å². The molecule has 2 aromatic heterocycles. The molecule has 0 amide bonds. The first kappa shape index (κ1) is 12.2. The summed E-state index contributed by atoms with van der Waals surface area (Å²) >= 11 is 7.01. The van der Waals surface area contributed by atoms with Gasteiger partial charge in [-0.25, -0.2) is 4.98 Å². The van der Waals surface area contributed by atoms with E-state index in [2.05, 4.69) is 10.3 Å². The fourth-order valence-corrected chi connectivity index (χ4v) is 2.81. The van der Waals surface area contributed by atoms with Gasteiger partial charge in [-0.05, 0) is 24.3 Å². The first-order valence-electron chi connectivity index (χ1n) is 5.68. The first-order valence-corrected chi connectivity index (χ1v) is 6.87. The number of hydrogen-bond acceptors (Lipinski definition) is 4. The predicted molar refractivity (Wildman–Crippen MR) is 79.0 cm³/mol. The number of anilines is 1. The van der Waals surface area contributed by atoms with Gasteiger partial charge in [0.25, 0.3) is 0 Å². The number of hydrogen-bond donors (Lipinski definition) is 1. The molecule has 0 bridgehead atoms. The summed E-state index contributed by atoms with van der Waals surface area (Å²) in [4.78, 5) is 16.1. The van der Waals surface area contributed by atoms with Crippen molar-refractivity contribution in [1.82, 2.24) is 9.55 Å². The van der Waals surface area contributed by atoms with E-state index in [1.807, 2.05) is 24.3 Å². The van der Waals surface area contributed by atoms with Crippen LogP contribution in [0, 0.1) is 0 Å². The number of fused-ring (bicyclic) bond motifs is 1. The van der Waals surface area contributed by atoms with Crippen molar-refractivity contribution in [2.24, 2.45) is 0 Å². The van der Waals surface area contributed by atoms with Gasteiger partial charge in [-0.1, -0.05) is 35.1 Å². The number of aromatic nitrogens is 2. The van der Waals surface area contributed by atoms with Crippen LogP contribution in [0.2, 0.25) is 5.02 Å². The number of thiazole rings is 1. The van der Waals surface area contributed by atoms with Crippen LogP contribution >= 0.6 is 22.9 Å². The highest BCUT2D eigenvalue weighted by Crippen LogP contribution is 2.16. The molecule has 0 spiro atoms. The fourth-order valence-electron chi connectivity index (χ4n) is 1.80. The zero-order valence-electron chi connectivity index (χ0n) is 9.84. The van der Waals surface area contributed by atoms with Gasteiger partial charge in [-0.3, -0.25) is 9.36 Å². The van der Waals surface area contributed by atoms with Gasteiger partial charge in [0.1, 0.15) is 5.82 Å². The number of benzene rings is 1. The molecule has 0 saturated heterocycles. The highest BCUT2D eigenvalue weighted by atomic mass is 35.5. The third kappa shape index (κ3) is 2.47. The minimum Gasteiger partial charge on any atom is -0.352 e. The zero-order chi connectivity index (χ0) is 13.2. The summed E-state index contributed by atoms with van der Waals surface area (Å²) in [7, 11) is 0. The summed E-state index contributed by atoms with van der Waals surface area (Å²) < 4.78 is 2.68. The Hall–Kier alpha value is -1.85. The van der Waals surface area contributed by atoms with Crippen molar-refractivity contribution in [3.8, 4) is 0 Å². The van der Waals surface area contributed by atoms with Crippen LogP contribution in [0.1, 0.15) is 0 Å². The number of para-hydroxylation sites is 1. The van der Waals surface area contributed by atoms with E-state index >= 15 is 0 Å². The van der Waals surface area contributed by atoms with Crippen LogP contribution in [0.5, 0.6) is 0 Å². The molecule has 3 rings (SSSR count). The van der Waals surface area contributed by atoms with Gasteiger partial charge < -0.3 is 5.32 Å². The van der Waals surface area contributed by atoms with Crippen molar-refractivity contribution >= 4 is 39.0 Å². The average molecular weight is 292 g/mol. The van der Waals surface area contributed by atoms with Crippen LogP contribution < -0.4 is 10.2 Å².